The summed E-state index contributed by atoms with van der Waals surface area (Å²) in [6.07, 6.45) is -0.0721. The van der Waals surface area contributed by atoms with Crippen LogP contribution in [-0.4, -0.2) is 41.1 Å². The third-order valence-corrected chi connectivity index (χ3v) is 3.84. The van der Waals surface area contributed by atoms with Crippen LogP contribution in [0.5, 0.6) is 0 Å². The Hall–Kier alpha value is -1.86. The first-order valence-corrected chi connectivity index (χ1v) is 6.92. The standard InChI is InChI=1S/C16H18N2O4.ClH/c1-8-11(6-12(17)16(22)13(18)7-19)15(21)10-5-3-2-4-9(10)14(8)20;/h2-5,12-13,19H,6-7,17-18H2,1H3;1H/t12?,13-;/m0./s1. The van der Waals surface area contributed by atoms with Crippen LogP contribution in [-0.2, 0) is 4.79 Å². The van der Waals surface area contributed by atoms with Gasteiger partial charge in [-0.2, -0.15) is 0 Å². The fourth-order valence-corrected chi connectivity index (χ4v) is 2.48. The average molecular weight is 339 g/mol. The molecule has 1 aliphatic rings. The predicted octanol–water partition coefficient (Wildman–Crippen LogP) is 0.410. The zero-order chi connectivity index (χ0) is 16.4. The van der Waals surface area contributed by atoms with Crippen LogP contribution >= 0.6 is 12.4 Å². The first-order valence-electron chi connectivity index (χ1n) is 6.92. The molecule has 0 bridgehead atoms. The number of Topliss-reactive ketones (excluding diaryl/α,β-unsaturated/α-hetero) is 3. The molecule has 0 aromatic heterocycles. The van der Waals surface area contributed by atoms with Gasteiger partial charge in [-0.25, -0.2) is 0 Å². The number of hydrogen-bond donors (Lipinski definition) is 3. The SMILES string of the molecule is CC1=C(CC(N)C(=O)[C@@H](N)CO)C(=O)c2ccccc2C1=O.Cl. The summed E-state index contributed by atoms with van der Waals surface area (Å²) < 4.78 is 0. The first kappa shape index (κ1) is 19.2. The summed E-state index contributed by atoms with van der Waals surface area (Å²) in [5.41, 5.74) is 12.4. The monoisotopic (exact) mass is 338 g/mol. The molecule has 0 spiro atoms. The lowest BCUT2D eigenvalue weighted by molar-refractivity contribution is -0.122. The molecule has 1 aromatic carbocycles. The van der Waals surface area contributed by atoms with Crippen LogP contribution in [0.3, 0.4) is 0 Å². The Kier molecular flexibility index (Phi) is 6.35. The van der Waals surface area contributed by atoms with Crippen LogP contribution in [0.1, 0.15) is 34.1 Å². The van der Waals surface area contributed by atoms with Gasteiger partial charge in [0, 0.05) is 22.3 Å². The van der Waals surface area contributed by atoms with Crippen molar-refractivity contribution in [3.8, 4) is 0 Å². The molecule has 7 heteroatoms. The second-order valence-corrected chi connectivity index (χ2v) is 5.31. The molecular formula is C16H19ClN2O4. The molecule has 1 aliphatic carbocycles. The number of halogens is 1. The van der Waals surface area contributed by atoms with E-state index in [4.69, 9.17) is 16.6 Å². The highest BCUT2D eigenvalue weighted by Crippen LogP contribution is 2.28. The maximum Gasteiger partial charge on any atom is 0.190 e. The van der Waals surface area contributed by atoms with E-state index < -0.39 is 24.5 Å². The Morgan fingerprint density at radius 2 is 1.61 bits per heavy atom. The minimum Gasteiger partial charge on any atom is -0.394 e. The van der Waals surface area contributed by atoms with E-state index in [0.29, 0.717) is 16.7 Å². The number of fused-ring (bicyclic) bond motifs is 1. The molecule has 0 saturated carbocycles. The van der Waals surface area contributed by atoms with Crippen molar-refractivity contribution < 1.29 is 19.5 Å². The van der Waals surface area contributed by atoms with Crippen molar-refractivity contribution in [1.29, 1.82) is 0 Å². The van der Waals surface area contributed by atoms with Gasteiger partial charge in [-0.3, -0.25) is 14.4 Å². The minimum absolute atomic E-state index is 0. The summed E-state index contributed by atoms with van der Waals surface area (Å²) >= 11 is 0. The number of nitrogens with two attached hydrogens (primary N) is 2. The summed E-state index contributed by atoms with van der Waals surface area (Å²) in [5.74, 6) is -1.08. The van der Waals surface area contributed by atoms with Gasteiger partial charge in [0.05, 0.1) is 18.7 Å². The maximum atomic E-state index is 12.5. The molecule has 5 N–H and O–H groups in total. The van der Waals surface area contributed by atoms with E-state index in [9.17, 15) is 14.4 Å². The van der Waals surface area contributed by atoms with Gasteiger partial charge in [-0.05, 0) is 13.3 Å². The zero-order valence-corrected chi connectivity index (χ0v) is 13.4. The van der Waals surface area contributed by atoms with Gasteiger partial charge in [0.15, 0.2) is 17.3 Å². The molecule has 6 nitrogen and oxygen atoms in total. The van der Waals surface area contributed by atoms with E-state index in [2.05, 4.69) is 0 Å². The summed E-state index contributed by atoms with van der Waals surface area (Å²) in [4.78, 5) is 36.7. The topological polar surface area (TPSA) is 123 Å². The lowest BCUT2D eigenvalue weighted by Gasteiger charge is -2.21. The van der Waals surface area contributed by atoms with E-state index in [-0.39, 0.29) is 36.0 Å². The molecule has 1 unspecified atom stereocenters. The Morgan fingerprint density at radius 3 is 2.13 bits per heavy atom. The lowest BCUT2D eigenvalue weighted by Crippen LogP contribution is -2.46. The largest absolute Gasteiger partial charge is 0.394 e. The van der Waals surface area contributed by atoms with Gasteiger partial charge < -0.3 is 16.6 Å². The summed E-state index contributed by atoms with van der Waals surface area (Å²) in [7, 11) is 0. The number of aliphatic hydroxyl groups is 1. The molecule has 0 radical (unpaired) electrons. The van der Waals surface area contributed by atoms with Gasteiger partial charge in [0.2, 0.25) is 0 Å². The Balaban J connectivity index is 0.00000264. The number of benzene rings is 1. The highest BCUT2D eigenvalue weighted by molar-refractivity contribution is 6.26. The van der Waals surface area contributed by atoms with Gasteiger partial charge in [0.25, 0.3) is 0 Å². The predicted molar refractivity (Wildman–Crippen MR) is 87.7 cm³/mol. The van der Waals surface area contributed by atoms with Crippen molar-refractivity contribution in [3.05, 3.63) is 46.5 Å². The van der Waals surface area contributed by atoms with Crippen LogP contribution < -0.4 is 11.5 Å². The molecule has 0 saturated heterocycles. The molecule has 1 aromatic rings. The van der Waals surface area contributed by atoms with Crippen molar-refractivity contribution in [2.75, 3.05) is 6.61 Å². The van der Waals surface area contributed by atoms with Crippen molar-refractivity contribution >= 4 is 29.8 Å². The second-order valence-electron chi connectivity index (χ2n) is 5.31. The van der Waals surface area contributed by atoms with Gasteiger partial charge in [-0.1, -0.05) is 24.3 Å². The lowest BCUT2D eigenvalue weighted by atomic mass is 9.81. The smallest absolute Gasteiger partial charge is 0.190 e. The molecule has 2 rings (SSSR count). The Bertz CT molecular complexity index is 684. The van der Waals surface area contributed by atoms with Crippen LogP contribution in [0.25, 0.3) is 0 Å². The fourth-order valence-electron chi connectivity index (χ4n) is 2.48. The van der Waals surface area contributed by atoms with E-state index in [1.165, 1.54) is 0 Å². The summed E-state index contributed by atoms with van der Waals surface area (Å²) in [5, 5.41) is 8.90. The van der Waals surface area contributed by atoms with Crippen LogP contribution in [0, 0.1) is 0 Å². The Morgan fingerprint density at radius 1 is 1.09 bits per heavy atom. The number of rotatable bonds is 5. The highest BCUT2D eigenvalue weighted by Gasteiger charge is 2.32. The number of aliphatic hydroxyl groups excluding tert-OH is 1. The number of hydrogen-bond acceptors (Lipinski definition) is 6. The number of carbonyl (C=O) groups excluding carboxylic acids is 3. The average Bonchev–Trinajstić information content (AvgIpc) is 2.54. The van der Waals surface area contributed by atoms with Crippen molar-refractivity contribution in [1.82, 2.24) is 0 Å². The quantitative estimate of drug-likeness (QED) is 0.714. The maximum absolute atomic E-state index is 12.5. The zero-order valence-electron chi connectivity index (χ0n) is 12.6. The van der Waals surface area contributed by atoms with Gasteiger partial charge in [-0.15, -0.1) is 12.4 Å². The molecule has 0 aliphatic heterocycles. The third kappa shape index (κ3) is 3.56. The van der Waals surface area contributed by atoms with E-state index in [1.54, 1.807) is 31.2 Å². The third-order valence-electron chi connectivity index (χ3n) is 3.84. The molecule has 23 heavy (non-hydrogen) atoms. The molecular weight excluding hydrogens is 320 g/mol. The van der Waals surface area contributed by atoms with Crippen LogP contribution in [0.4, 0.5) is 0 Å². The van der Waals surface area contributed by atoms with Crippen molar-refractivity contribution in [2.45, 2.75) is 25.4 Å². The molecule has 124 valence electrons. The number of allylic oxidation sites excluding steroid dienone is 1. The molecule has 0 amide bonds. The van der Waals surface area contributed by atoms with Gasteiger partial charge in [0.1, 0.15) is 0 Å². The first-order chi connectivity index (χ1) is 10.4. The summed E-state index contributed by atoms with van der Waals surface area (Å²) in [6, 6.07) is 4.43. The fraction of sp³-hybridized carbons (Fsp3) is 0.312. The highest BCUT2D eigenvalue weighted by atomic mass is 35.5. The minimum atomic E-state index is -1.09. The summed E-state index contributed by atoms with van der Waals surface area (Å²) in [6.45, 7) is 1.04. The van der Waals surface area contributed by atoms with Crippen molar-refractivity contribution in [3.63, 3.8) is 0 Å². The van der Waals surface area contributed by atoms with Crippen LogP contribution in [0.2, 0.25) is 0 Å². The second kappa shape index (κ2) is 7.61. The van der Waals surface area contributed by atoms with Crippen molar-refractivity contribution in [2.24, 2.45) is 11.5 Å². The van der Waals surface area contributed by atoms with E-state index in [0.717, 1.165) is 0 Å². The molecule has 2 atom stereocenters. The van der Waals surface area contributed by atoms with E-state index in [1.807, 2.05) is 0 Å². The van der Waals surface area contributed by atoms with E-state index >= 15 is 0 Å². The van der Waals surface area contributed by atoms with Crippen LogP contribution in [0.15, 0.2) is 35.4 Å². The number of ketones is 3. The Labute approximate surface area is 139 Å². The molecule has 0 fully saturated rings. The number of carbonyl (C=O) groups is 3. The molecule has 0 heterocycles. The van der Waals surface area contributed by atoms with Gasteiger partial charge >= 0.3 is 0 Å². The normalized spacial score (nSPS) is 16.5.